The van der Waals surface area contributed by atoms with Gasteiger partial charge in [0.15, 0.2) is 5.69 Å². The predicted molar refractivity (Wildman–Crippen MR) is 67.1 cm³/mol. The molecule has 1 aromatic rings. The van der Waals surface area contributed by atoms with Gasteiger partial charge in [0.25, 0.3) is 0 Å². The monoisotopic (exact) mass is 250 g/mol. The second-order valence-corrected chi connectivity index (χ2v) is 5.19. The lowest BCUT2D eigenvalue weighted by Crippen LogP contribution is -2.24. The van der Waals surface area contributed by atoms with Crippen molar-refractivity contribution in [2.45, 2.75) is 39.7 Å². The van der Waals surface area contributed by atoms with E-state index in [0.717, 1.165) is 17.0 Å². The Balaban J connectivity index is 2.15. The molecule has 98 valence electrons. The average molecular weight is 250 g/mol. The summed E-state index contributed by atoms with van der Waals surface area (Å²) in [6.45, 7) is 8.05. The third-order valence-corrected chi connectivity index (χ3v) is 2.48. The zero-order valence-electron chi connectivity index (χ0n) is 11.2. The molecule has 0 unspecified atom stereocenters. The van der Waals surface area contributed by atoms with Crippen LogP contribution in [-0.2, 0) is 15.9 Å². The van der Waals surface area contributed by atoms with Crippen LogP contribution >= 0.6 is 0 Å². The molecule has 1 aliphatic carbocycles. The first-order valence-corrected chi connectivity index (χ1v) is 6.04. The summed E-state index contributed by atoms with van der Waals surface area (Å²) in [6, 6.07) is 0. The standard InChI is InChI=1S/C13H18N2O3/c1-5-17-8-6-9-10(7-8)14-15-11(9)12(16)18-13(2,3)4/h7H,5-6H2,1-4H3,(H,14,15). The SMILES string of the molecule is CCOC1=Cc2[nH]nc(C(=O)OC(C)(C)C)c2C1. The first-order valence-electron chi connectivity index (χ1n) is 6.04. The van der Waals surface area contributed by atoms with Gasteiger partial charge in [-0.25, -0.2) is 4.79 Å². The molecule has 0 bridgehead atoms. The molecule has 5 nitrogen and oxygen atoms in total. The van der Waals surface area contributed by atoms with E-state index in [1.807, 2.05) is 33.8 Å². The molecular formula is C13H18N2O3. The van der Waals surface area contributed by atoms with Gasteiger partial charge in [0.2, 0.25) is 0 Å². The van der Waals surface area contributed by atoms with Gasteiger partial charge in [0, 0.05) is 18.1 Å². The number of hydrogen-bond donors (Lipinski definition) is 1. The van der Waals surface area contributed by atoms with E-state index in [1.54, 1.807) is 0 Å². The second-order valence-electron chi connectivity index (χ2n) is 5.19. The highest BCUT2D eigenvalue weighted by atomic mass is 16.6. The molecular weight excluding hydrogens is 232 g/mol. The zero-order valence-corrected chi connectivity index (χ0v) is 11.2. The van der Waals surface area contributed by atoms with E-state index in [0.29, 0.717) is 18.7 Å². The number of nitrogens with one attached hydrogen (secondary N) is 1. The van der Waals surface area contributed by atoms with Crippen LogP contribution in [0.5, 0.6) is 0 Å². The maximum atomic E-state index is 12.0. The Kier molecular flexibility index (Phi) is 3.15. The van der Waals surface area contributed by atoms with Crippen LogP contribution in [0.25, 0.3) is 6.08 Å². The van der Waals surface area contributed by atoms with Crippen LogP contribution < -0.4 is 0 Å². The fourth-order valence-corrected chi connectivity index (χ4v) is 1.84. The van der Waals surface area contributed by atoms with Crippen LogP contribution in [0.1, 0.15) is 49.4 Å². The summed E-state index contributed by atoms with van der Waals surface area (Å²) in [5.74, 6) is 0.456. The highest BCUT2D eigenvalue weighted by Crippen LogP contribution is 2.27. The number of ether oxygens (including phenoxy) is 2. The lowest BCUT2D eigenvalue weighted by Gasteiger charge is -2.18. The molecule has 2 rings (SSSR count). The smallest absolute Gasteiger partial charge is 0.359 e. The van der Waals surface area contributed by atoms with E-state index in [9.17, 15) is 4.79 Å². The van der Waals surface area contributed by atoms with Gasteiger partial charge in [0.05, 0.1) is 12.3 Å². The van der Waals surface area contributed by atoms with Gasteiger partial charge in [0.1, 0.15) is 11.4 Å². The number of allylic oxidation sites excluding steroid dienone is 1. The van der Waals surface area contributed by atoms with E-state index in [2.05, 4.69) is 10.2 Å². The van der Waals surface area contributed by atoms with Gasteiger partial charge in [-0.2, -0.15) is 5.10 Å². The number of carbonyl (C=O) groups is 1. The fourth-order valence-electron chi connectivity index (χ4n) is 1.84. The number of rotatable bonds is 3. The highest BCUT2D eigenvalue weighted by Gasteiger charge is 2.28. The first kappa shape index (κ1) is 12.7. The molecule has 1 N–H and O–H groups in total. The molecule has 0 fully saturated rings. The molecule has 5 heteroatoms. The zero-order chi connectivity index (χ0) is 13.3. The van der Waals surface area contributed by atoms with Crippen LogP contribution in [0.15, 0.2) is 5.76 Å². The van der Waals surface area contributed by atoms with Crippen molar-refractivity contribution in [1.82, 2.24) is 10.2 Å². The summed E-state index contributed by atoms with van der Waals surface area (Å²) < 4.78 is 10.8. The predicted octanol–water partition coefficient (Wildman–Crippen LogP) is 2.30. The maximum absolute atomic E-state index is 12.0. The largest absolute Gasteiger partial charge is 0.498 e. The number of hydrogen-bond acceptors (Lipinski definition) is 4. The fraction of sp³-hybridized carbons (Fsp3) is 0.538. The Labute approximate surface area is 106 Å². The Morgan fingerprint density at radius 2 is 2.22 bits per heavy atom. The number of nitrogens with zero attached hydrogens (tertiary/aromatic N) is 1. The molecule has 0 amide bonds. The Hall–Kier alpha value is -1.78. The summed E-state index contributed by atoms with van der Waals surface area (Å²) in [5, 5.41) is 6.85. The van der Waals surface area contributed by atoms with Crippen molar-refractivity contribution in [3.8, 4) is 0 Å². The van der Waals surface area contributed by atoms with E-state index in [1.165, 1.54) is 0 Å². The number of aromatic nitrogens is 2. The van der Waals surface area contributed by atoms with Crippen LogP contribution in [-0.4, -0.2) is 28.4 Å². The summed E-state index contributed by atoms with van der Waals surface area (Å²) in [6.07, 6.45) is 2.47. The first-order chi connectivity index (χ1) is 8.40. The normalized spacial score (nSPS) is 14.1. The molecule has 0 atom stereocenters. The number of esters is 1. The highest BCUT2D eigenvalue weighted by molar-refractivity contribution is 5.91. The molecule has 1 aliphatic rings. The van der Waals surface area contributed by atoms with Gasteiger partial charge in [-0.05, 0) is 27.7 Å². The average Bonchev–Trinajstić information content (AvgIpc) is 2.73. The second kappa shape index (κ2) is 4.48. The topological polar surface area (TPSA) is 64.2 Å². The minimum atomic E-state index is -0.516. The molecule has 0 saturated carbocycles. The third-order valence-electron chi connectivity index (χ3n) is 2.48. The van der Waals surface area contributed by atoms with Gasteiger partial charge >= 0.3 is 5.97 Å². The van der Waals surface area contributed by atoms with Crippen molar-refractivity contribution in [2.75, 3.05) is 6.61 Å². The van der Waals surface area contributed by atoms with Crippen molar-refractivity contribution in [3.63, 3.8) is 0 Å². The number of aromatic amines is 1. The van der Waals surface area contributed by atoms with Gasteiger partial charge in [-0.1, -0.05) is 0 Å². The van der Waals surface area contributed by atoms with Crippen LogP contribution in [0.3, 0.4) is 0 Å². The quantitative estimate of drug-likeness (QED) is 0.836. The Morgan fingerprint density at radius 1 is 1.50 bits per heavy atom. The molecule has 1 heterocycles. The van der Waals surface area contributed by atoms with Crippen molar-refractivity contribution in [2.24, 2.45) is 0 Å². The molecule has 1 aromatic heterocycles. The Morgan fingerprint density at radius 3 is 2.83 bits per heavy atom. The maximum Gasteiger partial charge on any atom is 0.359 e. The number of H-pyrrole nitrogens is 1. The van der Waals surface area contributed by atoms with Gasteiger partial charge in [-0.3, -0.25) is 5.10 Å². The minimum Gasteiger partial charge on any atom is -0.498 e. The number of fused-ring (bicyclic) bond motifs is 1. The summed E-state index contributed by atoms with van der Waals surface area (Å²) in [5.41, 5.74) is 1.52. The lowest BCUT2D eigenvalue weighted by atomic mass is 10.1. The summed E-state index contributed by atoms with van der Waals surface area (Å²) >= 11 is 0. The van der Waals surface area contributed by atoms with Crippen LogP contribution in [0, 0.1) is 0 Å². The van der Waals surface area contributed by atoms with Crippen molar-refractivity contribution < 1.29 is 14.3 Å². The van der Waals surface area contributed by atoms with Gasteiger partial charge < -0.3 is 9.47 Å². The third kappa shape index (κ3) is 2.55. The molecule has 0 radical (unpaired) electrons. The van der Waals surface area contributed by atoms with E-state index in [4.69, 9.17) is 9.47 Å². The van der Waals surface area contributed by atoms with Gasteiger partial charge in [-0.15, -0.1) is 0 Å². The molecule has 0 spiro atoms. The van der Waals surface area contributed by atoms with Crippen molar-refractivity contribution >= 4 is 12.0 Å². The summed E-state index contributed by atoms with van der Waals surface area (Å²) in [4.78, 5) is 12.0. The minimum absolute atomic E-state index is 0.353. The Bertz CT molecular complexity index is 495. The van der Waals surface area contributed by atoms with E-state index >= 15 is 0 Å². The number of carbonyl (C=O) groups excluding carboxylic acids is 1. The molecule has 0 saturated heterocycles. The van der Waals surface area contributed by atoms with E-state index in [-0.39, 0.29) is 0 Å². The van der Waals surface area contributed by atoms with Crippen LogP contribution in [0.2, 0.25) is 0 Å². The van der Waals surface area contributed by atoms with E-state index < -0.39 is 11.6 Å². The van der Waals surface area contributed by atoms with Crippen molar-refractivity contribution in [1.29, 1.82) is 0 Å². The molecule has 0 aromatic carbocycles. The lowest BCUT2D eigenvalue weighted by molar-refractivity contribution is 0.00617. The molecule has 0 aliphatic heterocycles. The summed E-state index contributed by atoms with van der Waals surface area (Å²) in [7, 11) is 0. The van der Waals surface area contributed by atoms with Crippen LogP contribution in [0.4, 0.5) is 0 Å². The molecule has 18 heavy (non-hydrogen) atoms. The van der Waals surface area contributed by atoms with Crippen molar-refractivity contribution in [3.05, 3.63) is 22.7 Å².